The molecule has 1 aromatic rings. The van der Waals surface area contributed by atoms with E-state index in [1.165, 1.54) is 28.4 Å². The van der Waals surface area contributed by atoms with Crippen LogP contribution in [0.5, 0.6) is 11.5 Å². The van der Waals surface area contributed by atoms with E-state index in [1.54, 1.807) is 25.1 Å². The van der Waals surface area contributed by atoms with Crippen molar-refractivity contribution < 1.29 is 38.1 Å². The van der Waals surface area contributed by atoms with Gasteiger partial charge < -0.3 is 29.0 Å². The Hall–Kier alpha value is -3.33. The first-order chi connectivity index (χ1) is 16.3. The van der Waals surface area contributed by atoms with Gasteiger partial charge in [0.15, 0.2) is 5.78 Å². The summed E-state index contributed by atoms with van der Waals surface area (Å²) >= 11 is 0. The van der Waals surface area contributed by atoms with Gasteiger partial charge in [0.05, 0.1) is 39.4 Å². The summed E-state index contributed by atoms with van der Waals surface area (Å²) < 4.78 is 26.4. The smallest absolute Gasteiger partial charge is 0.336 e. The van der Waals surface area contributed by atoms with Crippen LogP contribution in [0.25, 0.3) is 0 Å². The zero-order valence-electron chi connectivity index (χ0n) is 20.4. The molecule has 0 saturated heterocycles. The fraction of sp³-hybridized carbons (Fsp3) is 0.480. The SMILES string of the molecule is COCCOC(=O)C1=C(C)NC2=C(C(=O)[C@H](C(=O)OC)[C@@H](C)C2)[C@@H]1c1cc(OC)ccc1OC. The highest BCUT2D eigenvalue weighted by molar-refractivity contribution is 6.12. The molecule has 0 amide bonds. The van der Waals surface area contributed by atoms with E-state index < -0.39 is 29.6 Å². The molecule has 0 bridgehead atoms. The number of rotatable bonds is 8. The molecule has 3 atom stereocenters. The highest BCUT2D eigenvalue weighted by Crippen LogP contribution is 2.48. The number of nitrogens with one attached hydrogen (secondary N) is 1. The van der Waals surface area contributed by atoms with Crippen molar-refractivity contribution in [3.05, 3.63) is 46.3 Å². The molecule has 1 aromatic carbocycles. The number of Topliss-reactive ketones (excluding diaryl/α,β-unsaturated/α-hetero) is 1. The topological polar surface area (TPSA) is 109 Å². The van der Waals surface area contributed by atoms with E-state index in [0.29, 0.717) is 40.5 Å². The van der Waals surface area contributed by atoms with E-state index in [-0.39, 0.29) is 24.7 Å². The molecule has 1 heterocycles. The molecule has 0 fully saturated rings. The largest absolute Gasteiger partial charge is 0.497 e. The van der Waals surface area contributed by atoms with Gasteiger partial charge in [0, 0.05) is 29.6 Å². The minimum Gasteiger partial charge on any atom is -0.497 e. The van der Waals surface area contributed by atoms with Gasteiger partial charge in [0.25, 0.3) is 0 Å². The third kappa shape index (κ3) is 4.65. The quantitative estimate of drug-likeness (QED) is 0.346. The number of benzene rings is 1. The summed E-state index contributed by atoms with van der Waals surface area (Å²) in [6.45, 7) is 3.88. The Morgan fingerprint density at radius 1 is 1.09 bits per heavy atom. The maximum absolute atomic E-state index is 13.8. The number of methoxy groups -OCH3 is 4. The summed E-state index contributed by atoms with van der Waals surface area (Å²) in [7, 11) is 5.81. The van der Waals surface area contributed by atoms with Crippen molar-refractivity contribution in [2.24, 2.45) is 11.8 Å². The minimum atomic E-state index is -0.978. The number of allylic oxidation sites excluding steroid dienone is 3. The summed E-state index contributed by atoms with van der Waals surface area (Å²) in [5.41, 5.74) is 2.36. The van der Waals surface area contributed by atoms with Gasteiger partial charge in [0.2, 0.25) is 0 Å². The number of ether oxygens (including phenoxy) is 5. The van der Waals surface area contributed by atoms with E-state index in [9.17, 15) is 14.4 Å². The zero-order chi connectivity index (χ0) is 25.0. The minimum absolute atomic E-state index is 0.0513. The normalized spacial score (nSPS) is 22.1. The first-order valence-electron chi connectivity index (χ1n) is 11.0. The fourth-order valence-electron chi connectivity index (χ4n) is 4.62. The molecule has 2 aliphatic rings. The number of hydrogen-bond acceptors (Lipinski definition) is 9. The lowest BCUT2D eigenvalue weighted by atomic mass is 9.69. The van der Waals surface area contributed by atoms with E-state index in [4.69, 9.17) is 23.7 Å². The Kier molecular flexibility index (Phi) is 7.98. The molecule has 0 spiro atoms. The van der Waals surface area contributed by atoms with Crippen LogP contribution in [-0.2, 0) is 28.6 Å². The second kappa shape index (κ2) is 10.7. The number of carbonyl (C=O) groups is 3. The van der Waals surface area contributed by atoms with E-state index >= 15 is 0 Å². The molecule has 3 rings (SSSR count). The van der Waals surface area contributed by atoms with Crippen LogP contribution < -0.4 is 14.8 Å². The van der Waals surface area contributed by atoms with Crippen molar-refractivity contribution in [3.63, 3.8) is 0 Å². The fourth-order valence-corrected chi connectivity index (χ4v) is 4.62. The Bertz CT molecular complexity index is 1040. The Morgan fingerprint density at radius 3 is 2.44 bits per heavy atom. The van der Waals surface area contributed by atoms with Crippen LogP contribution in [0.3, 0.4) is 0 Å². The van der Waals surface area contributed by atoms with Gasteiger partial charge >= 0.3 is 11.9 Å². The predicted molar refractivity (Wildman–Crippen MR) is 122 cm³/mol. The van der Waals surface area contributed by atoms with Crippen LogP contribution in [0.1, 0.15) is 31.7 Å². The van der Waals surface area contributed by atoms with Crippen LogP contribution in [-0.4, -0.2) is 59.4 Å². The maximum atomic E-state index is 13.8. The second-order valence-corrected chi connectivity index (χ2v) is 8.27. The van der Waals surface area contributed by atoms with Gasteiger partial charge in [-0.3, -0.25) is 9.59 Å². The molecule has 1 N–H and O–H groups in total. The molecule has 184 valence electrons. The maximum Gasteiger partial charge on any atom is 0.336 e. The lowest BCUT2D eigenvalue weighted by Gasteiger charge is -2.38. The third-order valence-electron chi connectivity index (χ3n) is 6.23. The average molecular weight is 474 g/mol. The molecule has 1 aliphatic carbocycles. The van der Waals surface area contributed by atoms with Gasteiger partial charge in [-0.05, 0) is 37.5 Å². The van der Waals surface area contributed by atoms with Crippen molar-refractivity contribution >= 4 is 17.7 Å². The number of esters is 2. The van der Waals surface area contributed by atoms with E-state index in [2.05, 4.69) is 5.32 Å². The molecule has 9 heteroatoms. The first-order valence-corrected chi connectivity index (χ1v) is 11.0. The molecular formula is C25H31NO8. The lowest BCUT2D eigenvalue weighted by molar-refractivity contribution is -0.151. The lowest BCUT2D eigenvalue weighted by Crippen LogP contribution is -2.43. The van der Waals surface area contributed by atoms with Gasteiger partial charge in [-0.25, -0.2) is 4.79 Å². The summed E-state index contributed by atoms with van der Waals surface area (Å²) in [5.74, 6) is -2.67. The average Bonchev–Trinajstić information content (AvgIpc) is 2.82. The van der Waals surface area contributed by atoms with Crippen LogP contribution in [0.4, 0.5) is 0 Å². The molecule has 0 saturated carbocycles. The molecule has 0 aromatic heterocycles. The Morgan fingerprint density at radius 2 is 1.82 bits per heavy atom. The molecular weight excluding hydrogens is 442 g/mol. The highest BCUT2D eigenvalue weighted by atomic mass is 16.6. The van der Waals surface area contributed by atoms with E-state index in [1.807, 2.05) is 6.92 Å². The van der Waals surface area contributed by atoms with Crippen LogP contribution in [0.15, 0.2) is 40.7 Å². The summed E-state index contributed by atoms with van der Waals surface area (Å²) in [6, 6.07) is 5.18. The Balaban J connectivity index is 2.22. The number of hydrogen-bond donors (Lipinski definition) is 1. The molecule has 0 radical (unpaired) electrons. The van der Waals surface area contributed by atoms with E-state index in [0.717, 1.165) is 0 Å². The summed E-state index contributed by atoms with van der Waals surface area (Å²) in [6.07, 6.45) is 0.437. The molecule has 0 unspecified atom stereocenters. The van der Waals surface area contributed by atoms with Crippen molar-refractivity contribution in [1.29, 1.82) is 0 Å². The van der Waals surface area contributed by atoms with Crippen LogP contribution >= 0.6 is 0 Å². The number of carbonyl (C=O) groups excluding carboxylic acids is 3. The van der Waals surface area contributed by atoms with Crippen molar-refractivity contribution in [3.8, 4) is 11.5 Å². The standard InChI is InChI=1S/C25H31NO8/c1-13-11-17-22(23(27)19(13)24(28)33-6)21(16-12-15(31-4)7-8-18(16)32-5)20(14(2)26-17)25(29)34-10-9-30-3/h7-8,12-13,19,21,26H,9-11H2,1-6H3/t13-,19+,21+/m0/s1. The van der Waals surface area contributed by atoms with Gasteiger partial charge in [-0.2, -0.15) is 0 Å². The van der Waals surface area contributed by atoms with Crippen molar-refractivity contribution in [2.45, 2.75) is 26.2 Å². The number of ketones is 1. The first kappa shape index (κ1) is 25.3. The predicted octanol–water partition coefficient (Wildman–Crippen LogP) is 2.51. The van der Waals surface area contributed by atoms with Gasteiger partial charge in [-0.15, -0.1) is 0 Å². The van der Waals surface area contributed by atoms with Crippen LogP contribution in [0.2, 0.25) is 0 Å². The highest BCUT2D eigenvalue weighted by Gasteiger charge is 2.48. The van der Waals surface area contributed by atoms with Crippen molar-refractivity contribution in [1.82, 2.24) is 5.32 Å². The zero-order valence-corrected chi connectivity index (χ0v) is 20.4. The molecule has 1 aliphatic heterocycles. The van der Waals surface area contributed by atoms with Gasteiger partial charge in [0.1, 0.15) is 24.0 Å². The molecule has 9 nitrogen and oxygen atoms in total. The monoisotopic (exact) mass is 473 g/mol. The van der Waals surface area contributed by atoms with Crippen molar-refractivity contribution in [2.75, 3.05) is 41.7 Å². The van der Waals surface area contributed by atoms with Gasteiger partial charge in [-0.1, -0.05) is 6.92 Å². The third-order valence-corrected chi connectivity index (χ3v) is 6.23. The second-order valence-electron chi connectivity index (χ2n) is 8.27. The summed E-state index contributed by atoms with van der Waals surface area (Å²) in [4.78, 5) is 39.6. The summed E-state index contributed by atoms with van der Waals surface area (Å²) in [5, 5.41) is 3.23. The van der Waals surface area contributed by atoms with Crippen LogP contribution in [0, 0.1) is 11.8 Å². The Labute approximate surface area is 199 Å². The molecule has 34 heavy (non-hydrogen) atoms. The number of dihydropyridines is 1.